The average Bonchev–Trinajstić information content (AvgIpc) is 2.56. The van der Waals surface area contributed by atoms with Crippen molar-refractivity contribution in [1.29, 1.82) is 0 Å². The summed E-state index contributed by atoms with van der Waals surface area (Å²) in [7, 11) is 0. The molecule has 7 nitrogen and oxygen atoms in total. The van der Waals surface area contributed by atoms with Crippen molar-refractivity contribution < 1.29 is 19.8 Å². The molecule has 0 aliphatic rings. The molecule has 0 saturated carbocycles. The number of amides is 2. The first-order valence-corrected chi connectivity index (χ1v) is 7.74. The van der Waals surface area contributed by atoms with Gasteiger partial charge in [0.1, 0.15) is 0 Å². The summed E-state index contributed by atoms with van der Waals surface area (Å²) in [5.41, 5.74) is 1.56. The van der Waals surface area contributed by atoms with Gasteiger partial charge < -0.3 is 25.3 Å². The van der Waals surface area contributed by atoms with Crippen molar-refractivity contribution in [2.24, 2.45) is 0 Å². The minimum absolute atomic E-state index is 0.00765. The zero-order chi connectivity index (χ0) is 17.2. The lowest BCUT2D eigenvalue weighted by Crippen LogP contribution is -2.42. The van der Waals surface area contributed by atoms with Crippen molar-refractivity contribution in [3.63, 3.8) is 0 Å². The van der Waals surface area contributed by atoms with Gasteiger partial charge in [0.2, 0.25) is 0 Å². The fraction of sp³-hybridized carbons (Fsp3) is 0.500. The summed E-state index contributed by atoms with van der Waals surface area (Å²) in [6.45, 7) is 5.38. The highest BCUT2D eigenvalue weighted by Crippen LogP contribution is 2.17. The van der Waals surface area contributed by atoms with Gasteiger partial charge in [-0.1, -0.05) is 0 Å². The topological polar surface area (TPSA) is 93.1 Å². The molecule has 0 spiro atoms. The Morgan fingerprint density at radius 3 is 1.96 bits per heavy atom. The van der Waals surface area contributed by atoms with Gasteiger partial charge in [0.05, 0.1) is 13.2 Å². The first-order chi connectivity index (χ1) is 11.1. The van der Waals surface area contributed by atoms with Crippen LogP contribution >= 0.6 is 0 Å². The lowest BCUT2D eigenvalue weighted by atomic mass is 10.2. The number of hydrogen-bond donors (Lipinski definition) is 3. The molecule has 0 radical (unpaired) electrons. The number of hydrogen-bond acceptors (Lipinski definition) is 5. The molecule has 1 aromatic carbocycles. The second-order valence-electron chi connectivity index (χ2n) is 4.91. The van der Waals surface area contributed by atoms with E-state index in [-0.39, 0.29) is 26.3 Å². The predicted octanol–water partition coefficient (Wildman–Crippen LogP) is 0.285. The molecule has 0 aliphatic carbocycles. The van der Waals surface area contributed by atoms with Crippen molar-refractivity contribution in [1.82, 2.24) is 4.90 Å². The van der Waals surface area contributed by atoms with E-state index in [0.29, 0.717) is 5.69 Å². The van der Waals surface area contributed by atoms with E-state index < -0.39 is 11.8 Å². The smallest absolute Gasteiger partial charge is 0.313 e. The number of carbonyl (C=O) groups excluding carboxylic acids is 2. The maximum absolute atomic E-state index is 12.0. The molecule has 0 aromatic heterocycles. The number of carbonyl (C=O) groups is 2. The van der Waals surface area contributed by atoms with Gasteiger partial charge in [-0.2, -0.15) is 0 Å². The van der Waals surface area contributed by atoms with Crippen LogP contribution in [0.4, 0.5) is 11.4 Å². The largest absolute Gasteiger partial charge is 0.395 e. The molecular weight excluding hydrogens is 298 g/mol. The molecule has 0 aliphatic heterocycles. The van der Waals surface area contributed by atoms with Gasteiger partial charge in [-0.15, -0.1) is 0 Å². The summed E-state index contributed by atoms with van der Waals surface area (Å²) < 4.78 is 0. The third kappa shape index (κ3) is 5.54. The number of nitrogens with zero attached hydrogens (tertiary/aromatic N) is 2. The molecule has 1 aromatic rings. The Labute approximate surface area is 136 Å². The van der Waals surface area contributed by atoms with Crippen molar-refractivity contribution in [2.45, 2.75) is 13.8 Å². The summed E-state index contributed by atoms with van der Waals surface area (Å²) in [6.07, 6.45) is 0. The van der Waals surface area contributed by atoms with Crippen molar-refractivity contribution in [3.8, 4) is 0 Å². The van der Waals surface area contributed by atoms with Crippen LogP contribution in [-0.2, 0) is 9.59 Å². The van der Waals surface area contributed by atoms with Crippen molar-refractivity contribution in [2.75, 3.05) is 49.6 Å². The number of anilines is 2. The fourth-order valence-corrected chi connectivity index (χ4v) is 2.23. The molecule has 0 atom stereocenters. The molecular formula is C16H25N3O4. The van der Waals surface area contributed by atoms with E-state index in [2.05, 4.69) is 24.1 Å². The third-order valence-electron chi connectivity index (χ3n) is 3.48. The van der Waals surface area contributed by atoms with Crippen molar-refractivity contribution >= 4 is 23.2 Å². The lowest BCUT2D eigenvalue weighted by Gasteiger charge is -2.21. The van der Waals surface area contributed by atoms with E-state index >= 15 is 0 Å². The molecule has 0 fully saturated rings. The molecule has 3 N–H and O–H groups in total. The second kappa shape index (κ2) is 9.81. The van der Waals surface area contributed by atoms with Crippen LogP contribution < -0.4 is 10.2 Å². The van der Waals surface area contributed by atoms with E-state index in [4.69, 9.17) is 10.2 Å². The Bertz CT molecular complexity index is 495. The number of benzene rings is 1. The molecule has 2 amide bonds. The van der Waals surface area contributed by atoms with Crippen LogP contribution in [0, 0.1) is 0 Å². The Kier molecular flexibility index (Phi) is 8.07. The van der Waals surface area contributed by atoms with E-state index in [9.17, 15) is 9.59 Å². The minimum Gasteiger partial charge on any atom is -0.395 e. The monoisotopic (exact) mass is 323 g/mol. The first kappa shape index (κ1) is 18.9. The normalized spacial score (nSPS) is 10.3. The lowest BCUT2D eigenvalue weighted by molar-refractivity contribution is -0.143. The summed E-state index contributed by atoms with van der Waals surface area (Å²) in [5, 5.41) is 20.3. The van der Waals surface area contributed by atoms with E-state index in [1.807, 2.05) is 12.1 Å². The Hall–Kier alpha value is -2.12. The van der Waals surface area contributed by atoms with E-state index in [0.717, 1.165) is 23.7 Å². The van der Waals surface area contributed by atoms with Crippen LogP contribution in [-0.4, -0.2) is 66.3 Å². The van der Waals surface area contributed by atoms with E-state index in [1.54, 1.807) is 12.1 Å². The Balaban J connectivity index is 2.71. The standard InChI is InChI=1S/C16H25N3O4/c1-3-18(4-2)14-7-5-13(6-8-14)17-15(22)16(23)19(9-11-20)10-12-21/h5-8,20-21H,3-4,9-12H2,1-2H3,(H,17,22). The number of rotatable bonds is 8. The summed E-state index contributed by atoms with van der Waals surface area (Å²) >= 11 is 0. The summed E-state index contributed by atoms with van der Waals surface area (Å²) in [4.78, 5) is 27.2. The average molecular weight is 323 g/mol. The van der Waals surface area contributed by atoms with Gasteiger partial charge in [-0.25, -0.2) is 0 Å². The molecule has 128 valence electrons. The van der Waals surface area contributed by atoms with Gasteiger partial charge in [-0.3, -0.25) is 9.59 Å². The van der Waals surface area contributed by atoms with Crippen LogP contribution in [0.15, 0.2) is 24.3 Å². The molecule has 7 heteroatoms. The highest BCUT2D eigenvalue weighted by atomic mass is 16.3. The van der Waals surface area contributed by atoms with Gasteiger partial charge >= 0.3 is 11.8 Å². The molecule has 1 rings (SSSR count). The molecule has 0 unspecified atom stereocenters. The highest BCUT2D eigenvalue weighted by Gasteiger charge is 2.21. The minimum atomic E-state index is -0.789. The Morgan fingerprint density at radius 2 is 1.52 bits per heavy atom. The number of aliphatic hydroxyl groups excluding tert-OH is 2. The first-order valence-electron chi connectivity index (χ1n) is 7.74. The van der Waals surface area contributed by atoms with Crippen LogP contribution in [0.2, 0.25) is 0 Å². The summed E-state index contributed by atoms with van der Waals surface area (Å²) in [5.74, 6) is -1.57. The van der Waals surface area contributed by atoms with Gasteiger partial charge in [-0.05, 0) is 38.1 Å². The molecule has 0 saturated heterocycles. The van der Waals surface area contributed by atoms with Crippen LogP contribution in [0.3, 0.4) is 0 Å². The maximum atomic E-state index is 12.0. The zero-order valence-corrected chi connectivity index (χ0v) is 13.7. The second-order valence-corrected chi connectivity index (χ2v) is 4.91. The van der Waals surface area contributed by atoms with Crippen LogP contribution in [0.5, 0.6) is 0 Å². The molecule has 23 heavy (non-hydrogen) atoms. The van der Waals surface area contributed by atoms with Gasteiger partial charge in [0, 0.05) is 37.6 Å². The SMILES string of the molecule is CCN(CC)c1ccc(NC(=O)C(=O)N(CCO)CCO)cc1. The summed E-state index contributed by atoms with van der Waals surface area (Å²) in [6, 6.07) is 7.24. The molecule has 0 bridgehead atoms. The van der Waals surface area contributed by atoms with Crippen molar-refractivity contribution in [3.05, 3.63) is 24.3 Å². The third-order valence-corrected chi connectivity index (χ3v) is 3.48. The van der Waals surface area contributed by atoms with Gasteiger partial charge in [0.15, 0.2) is 0 Å². The maximum Gasteiger partial charge on any atom is 0.313 e. The fourth-order valence-electron chi connectivity index (χ4n) is 2.23. The molecule has 0 heterocycles. The zero-order valence-electron chi connectivity index (χ0n) is 13.7. The Morgan fingerprint density at radius 1 is 1.00 bits per heavy atom. The predicted molar refractivity (Wildman–Crippen MR) is 89.4 cm³/mol. The van der Waals surface area contributed by atoms with Gasteiger partial charge in [0.25, 0.3) is 0 Å². The van der Waals surface area contributed by atoms with E-state index in [1.165, 1.54) is 0 Å². The number of aliphatic hydroxyl groups is 2. The van der Waals surface area contributed by atoms with Crippen LogP contribution in [0.25, 0.3) is 0 Å². The van der Waals surface area contributed by atoms with Crippen LogP contribution in [0.1, 0.15) is 13.8 Å². The quantitative estimate of drug-likeness (QED) is 0.598. The highest BCUT2D eigenvalue weighted by molar-refractivity contribution is 6.39. The number of nitrogens with one attached hydrogen (secondary N) is 1.